The number of anilines is 1. The zero-order valence-corrected chi connectivity index (χ0v) is 18.6. The first-order chi connectivity index (χ1) is 14.7. The summed E-state index contributed by atoms with van der Waals surface area (Å²) in [6.07, 6.45) is 5.22. The SMILES string of the molecule is C=C/C=C(\C=C/NO)C(=O)c1cc(Cl)ccc1NS(=O)(=O)c1ccc(OC(C)C)cc1. The van der Waals surface area contributed by atoms with E-state index >= 15 is 0 Å². The minimum Gasteiger partial charge on any atom is -0.491 e. The molecule has 0 heterocycles. The lowest BCUT2D eigenvalue weighted by Gasteiger charge is -2.14. The number of halogens is 1. The molecule has 31 heavy (non-hydrogen) atoms. The molecule has 0 amide bonds. The van der Waals surface area contributed by atoms with Gasteiger partial charge < -0.3 is 4.74 Å². The van der Waals surface area contributed by atoms with Crippen LogP contribution in [-0.4, -0.2) is 25.5 Å². The van der Waals surface area contributed by atoms with Crippen molar-refractivity contribution in [1.82, 2.24) is 5.48 Å². The Kier molecular flexibility index (Phi) is 8.44. The number of carbonyl (C=O) groups excluding carboxylic acids is 1. The molecular weight excluding hydrogens is 440 g/mol. The summed E-state index contributed by atoms with van der Waals surface area (Å²) in [6, 6.07) is 10.2. The molecule has 2 aromatic carbocycles. The summed E-state index contributed by atoms with van der Waals surface area (Å²) in [4.78, 5) is 13.0. The van der Waals surface area contributed by atoms with Crippen molar-refractivity contribution >= 4 is 33.1 Å². The van der Waals surface area contributed by atoms with E-state index in [4.69, 9.17) is 21.5 Å². The first kappa shape index (κ1) is 24.2. The molecule has 7 nitrogen and oxygen atoms in total. The van der Waals surface area contributed by atoms with Gasteiger partial charge in [-0.25, -0.2) is 8.42 Å². The third-order valence-corrected chi connectivity index (χ3v) is 5.49. The lowest BCUT2D eigenvalue weighted by atomic mass is 10.0. The highest BCUT2D eigenvalue weighted by atomic mass is 35.5. The Labute approximate surface area is 186 Å². The molecule has 0 saturated carbocycles. The monoisotopic (exact) mass is 462 g/mol. The third-order valence-electron chi connectivity index (χ3n) is 3.87. The van der Waals surface area contributed by atoms with Crippen molar-refractivity contribution in [3.63, 3.8) is 0 Å². The van der Waals surface area contributed by atoms with Crippen LogP contribution in [0.3, 0.4) is 0 Å². The van der Waals surface area contributed by atoms with E-state index in [1.807, 2.05) is 19.3 Å². The summed E-state index contributed by atoms with van der Waals surface area (Å²) in [7, 11) is -3.99. The quantitative estimate of drug-likeness (QED) is 0.204. The maximum absolute atomic E-state index is 13.0. The van der Waals surface area contributed by atoms with Crippen molar-refractivity contribution in [3.05, 3.63) is 89.6 Å². The zero-order chi connectivity index (χ0) is 23.0. The fraction of sp³-hybridized carbons (Fsp3) is 0.136. The molecule has 0 aliphatic heterocycles. The number of ketones is 1. The highest BCUT2D eigenvalue weighted by Crippen LogP contribution is 2.27. The van der Waals surface area contributed by atoms with Crippen molar-refractivity contribution < 1.29 is 23.2 Å². The largest absolute Gasteiger partial charge is 0.491 e. The molecule has 3 N–H and O–H groups in total. The fourth-order valence-corrected chi connectivity index (χ4v) is 3.83. The lowest BCUT2D eigenvalue weighted by molar-refractivity contribution is 0.103. The van der Waals surface area contributed by atoms with E-state index < -0.39 is 15.8 Å². The normalized spacial score (nSPS) is 12.1. The molecule has 0 aliphatic rings. The first-order valence-electron chi connectivity index (χ1n) is 9.20. The molecule has 0 aliphatic carbocycles. The molecule has 2 aromatic rings. The topological polar surface area (TPSA) is 105 Å². The molecule has 0 fully saturated rings. The summed E-state index contributed by atoms with van der Waals surface area (Å²) in [5.74, 6) is 0.0204. The predicted octanol–water partition coefficient (Wildman–Crippen LogP) is 4.72. The van der Waals surface area contributed by atoms with Gasteiger partial charge in [0.1, 0.15) is 5.75 Å². The van der Waals surface area contributed by atoms with Crippen LogP contribution in [0.25, 0.3) is 0 Å². The lowest BCUT2D eigenvalue weighted by Crippen LogP contribution is -2.16. The molecule has 2 rings (SSSR count). The minimum absolute atomic E-state index is 0.00295. The van der Waals surface area contributed by atoms with Crippen LogP contribution >= 0.6 is 11.6 Å². The van der Waals surface area contributed by atoms with Gasteiger partial charge in [0.2, 0.25) is 0 Å². The van der Waals surface area contributed by atoms with Crippen LogP contribution in [0.1, 0.15) is 24.2 Å². The van der Waals surface area contributed by atoms with E-state index in [0.717, 1.165) is 6.20 Å². The Morgan fingerprint density at radius 3 is 2.45 bits per heavy atom. The predicted molar refractivity (Wildman–Crippen MR) is 121 cm³/mol. The number of hydroxylamine groups is 1. The molecule has 9 heteroatoms. The summed E-state index contributed by atoms with van der Waals surface area (Å²) in [5.41, 5.74) is 2.04. The number of hydrogen-bond acceptors (Lipinski definition) is 6. The van der Waals surface area contributed by atoms with Crippen molar-refractivity contribution in [3.8, 4) is 5.75 Å². The summed E-state index contributed by atoms with van der Waals surface area (Å²) >= 11 is 6.04. The second kappa shape index (κ2) is 10.8. The Morgan fingerprint density at radius 2 is 1.87 bits per heavy atom. The molecule has 0 atom stereocenters. The molecular formula is C22H23ClN2O5S. The van der Waals surface area contributed by atoms with Crippen molar-refractivity contribution in [2.24, 2.45) is 0 Å². The van der Waals surface area contributed by atoms with E-state index in [0.29, 0.717) is 5.75 Å². The molecule has 0 aromatic heterocycles. The number of ether oxygens (including phenoxy) is 1. The maximum atomic E-state index is 13.0. The van der Waals surface area contributed by atoms with Gasteiger partial charge in [0.25, 0.3) is 10.0 Å². The van der Waals surface area contributed by atoms with E-state index in [1.54, 1.807) is 12.1 Å². The Bertz CT molecular complexity index is 1110. The second-order valence-corrected chi connectivity index (χ2v) is 8.70. The fourth-order valence-electron chi connectivity index (χ4n) is 2.58. The standard InChI is InChI=1S/C22H23ClN2O5S/c1-4-5-16(12-13-24-27)22(26)20-14-17(23)6-11-21(20)25-31(28,29)19-9-7-18(8-10-19)30-15(2)3/h4-15,24-25,27H,1H2,2-3H3/b13-12-,16-5+. The number of Topliss-reactive ketones (excluding diaryl/α,β-unsaturated/α-hetero) is 1. The van der Waals surface area contributed by atoms with Gasteiger partial charge in [0.15, 0.2) is 5.78 Å². The van der Waals surface area contributed by atoms with Crippen LogP contribution < -0.4 is 14.9 Å². The number of benzene rings is 2. The smallest absolute Gasteiger partial charge is 0.261 e. The number of hydrogen-bond donors (Lipinski definition) is 3. The average molecular weight is 463 g/mol. The summed E-state index contributed by atoms with van der Waals surface area (Å²) < 4.78 is 33.7. The van der Waals surface area contributed by atoms with Gasteiger partial charge in [0, 0.05) is 22.4 Å². The van der Waals surface area contributed by atoms with Gasteiger partial charge >= 0.3 is 0 Å². The Morgan fingerprint density at radius 1 is 1.19 bits per heavy atom. The van der Waals surface area contributed by atoms with Crippen LogP contribution in [0.15, 0.2) is 83.9 Å². The average Bonchev–Trinajstić information content (AvgIpc) is 2.71. The number of rotatable bonds is 10. The van der Waals surface area contributed by atoms with Crippen molar-refractivity contribution in [2.45, 2.75) is 24.8 Å². The summed E-state index contributed by atoms with van der Waals surface area (Å²) in [6.45, 7) is 7.29. The Balaban J connectivity index is 2.41. The maximum Gasteiger partial charge on any atom is 0.261 e. The highest BCUT2D eigenvalue weighted by Gasteiger charge is 2.21. The number of nitrogens with one attached hydrogen (secondary N) is 2. The number of allylic oxidation sites excluding steroid dienone is 4. The van der Waals surface area contributed by atoms with Gasteiger partial charge in [-0.2, -0.15) is 0 Å². The van der Waals surface area contributed by atoms with E-state index in [1.165, 1.54) is 48.6 Å². The highest BCUT2D eigenvalue weighted by molar-refractivity contribution is 7.92. The molecule has 0 saturated heterocycles. The van der Waals surface area contributed by atoms with E-state index in [9.17, 15) is 13.2 Å². The van der Waals surface area contributed by atoms with Crippen LogP contribution in [0.5, 0.6) is 5.75 Å². The van der Waals surface area contributed by atoms with E-state index in [2.05, 4.69) is 11.3 Å². The molecule has 0 unspecified atom stereocenters. The zero-order valence-electron chi connectivity index (χ0n) is 17.0. The third kappa shape index (κ3) is 6.71. The van der Waals surface area contributed by atoms with E-state index in [-0.39, 0.29) is 32.8 Å². The molecule has 0 bridgehead atoms. The first-order valence-corrected chi connectivity index (χ1v) is 11.1. The van der Waals surface area contributed by atoms with Crippen molar-refractivity contribution in [2.75, 3.05) is 4.72 Å². The van der Waals surface area contributed by atoms with Crippen LogP contribution in [0.2, 0.25) is 5.02 Å². The molecule has 0 radical (unpaired) electrons. The van der Waals surface area contributed by atoms with Crippen LogP contribution in [0.4, 0.5) is 5.69 Å². The summed E-state index contributed by atoms with van der Waals surface area (Å²) in [5, 5.41) is 9.01. The van der Waals surface area contributed by atoms with Gasteiger partial charge in [-0.15, -0.1) is 0 Å². The van der Waals surface area contributed by atoms with Crippen molar-refractivity contribution in [1.29, 1.82) is 0 Å². The molecule has 164 valence electrons. The van der Waals surface area contributed by atoms with Gasteiger partial charge in [-0.3, -0.25) is 20.2 Å². The van der Waals surface area contributed by atoms with Gasteiger partial charge in [-0.1, -0.05) is 30.3 Å². The molecule has 0 spiro atoms. The second-order valence-electron chi connectivity index (χ2n) is 6.58. The Hall–Kier alpha value is -3.07. The number of carbonyl (C=O) groups is 1. The minimum atomic E-state index is -3.99. The van der Waals surface area contributed by atoms with Gasteiger partial charge in [-0.05, 0) is 62.4 Å². The number of sulfonamides is 1. The van der Waals surface area contributed by atoms with Crippen LogP contribution in [-0.2, 0) is 10.0 Å². The van der Waals surface area contributed by atoms with Gasteiger partial charge in [0.05, 0.1) is 16.7 Å². The van der Waals surface area contributed by atoms with Crippen LogP contribution in [0, 0.1) is 0 Å².